The number of aliphatic hydroxyl groups excluding tert-OH is 2. The van der Waals surface area contributed by atoms with E-state index in [1.165, 1.54) is 12.1 Å². The van der Waals surface area contributed by atoms with E-state index in [4.69, 9.17) is 0 Å². The van der Waals surface area contributed by atoms with Crippen LogP contribution in [0.5, 0.6) is 0 Å². The second-order valence-corrected chi connectivity index (χ2v) is 11.3. The predicted octanol–water partition coefficient (Wildman–Crippen LogP) is 4.61. The highest BCUT2D eigenvalue weighted by Crippen LogP contribution is 2.70. The number of amides is 2. The highest BCUT2D eigenvalue weighted by molar-refractivity contribution is 5.89. The monoisotopic (exact) mass is 442 g/mol. The minimum absolute atomic E-state index is 0.000773. The first-order valence-corrected chi connectivity index (χ1v) is 12.0. The van der Waals surface area contributed by atoms with Crippen LogP contribution >= 0.6 is 0 Å². The van der Waals surface area contributed by atoms with Gasteiger partial charge < -0.3 is 20.8 Å². The molecule has 0 aliphatic heterocycles. The van der Waals surface area contributed by atoms with E-state index < -0.39 is 17.7 Å². The van der Waals surface area contributed by atoms with Gasteiger partial charge in [0.05, 0.1) is 12.2 Å². The molecule has 2 bridgehead atoms. The molecule has 4 saturated carbocycles. The van der Waals surface area contributed by atoms with E-state index >= 15 is 0 Å². The van der Waals surface area contributed by atoms with Crippen molar-refractivity contribution in [2.45, 2.75) is 76.5 Å². The van der Waals surface area contributed by atoms with Gasteiger partial charge in [-0.1, -0.05) is 19.9 Å². The van der Waals surface area contributed by atoms with Gasteiger partial charge in [-0.05, 0) is 98.5 Å². The molecule has 0 radical (unpaired) electrons. The molecule has 0 aromatic heterocycles. The third kappa shape index (κ3) is 3.06. The van der Waals surface area contributed by atoms with Gasteiger partial charge in [0.15, 0.2) is 0 Å². The van der Waals surface area contributed by atoms with Gasteiger partial charge in [-0.25, -0.2) is 9.18 Å². The minimum atomic E-state index is -0.546. The second kappa shape index (κ2) is 7.29. The number of nitrogens with one attached hydrogen (secondary N) is 2. The molecule has 5 rings (SSSR count). The maximum Gasteiger partial charge on any atom is 0.319 e. The molecule has 32 heavy (non-hydrogen) atoms. The number of fused-ring (bicyclic) bond motifs is 3. The molecule has 4 N–H and O–H groups in total. The van der Waals surface area contributed by atoms with Crippen molar-refractivity contribution >= 4 is 11.7 Å². The molecule has 6 heteroatoms. The minimum Gasteiger partial charge on any atom is -0.393 e. The summed E-state index contributed by atoms with van der Waals surface area (Å²) in [6, 6.07) is 5.47. The van der Waals surface area contributed by atoms with E-state index in [1.807, 2.05) is 0 Å². The van der Waals surface area contributed by atoms with Gasteiger partial charge >= 0.3 is 6.03 Å². The molecule has 4 aliphatic rings. The van der Waals surface area contributed by atoms with Crippen molar-refractivity contribution in [1.82, 2.24) is 5.32 Å². The van der Waals surface area contributed by atoms with Crippen LogP contribution in [0.15, 0.2) is 36.4 Å². The Labute approximate surface area is 189 Å². The Kier molecular flexibility index (Phi) is 4.99. The molecule has 2 unspecified atom stereocenters. The molecule has 0 heterocycles. The average molecular weight is 443 g/mol. The summed E-state index contributed by atoms with van der Waals surface area (Å²) in [6.45, 7) is 8.59. The number of aliphatic hydroxyl groups is 2. The van der Waals surface area contributed by atoms with Crippen LogP contribution in [0.25, 0.3) is 0 Å². The van der Waals surface area contributed by atoms with E-state index in [-0.39, 0.29) is 40.4 Å². The van der Waals surface area contributed by atoms with Crippen molar-refractivity contribution in [3.8, 4) is 0 Å². The lowest BCUT2D eigenvalue weighted by Crippen LogP contribution is -2.67. The third-order valence-electron chi connectivity index (χ3n) is 9.66. The maximum atomic E-state index is 13.2. The molecule has 174 valence electrons. The number of anilines is 1. The van der Waals surface area contributed by atoms with Gasteiger partial charge in [-0.3, -0.25) is 0 Å². The van der Waals surface area contributed by atoms with Crippen LogP contribution in [-0.4, -0.2) is 34.0 Å². The van der Waals surface area contributed by atoms with Gasteiger partial charge in [0.2, 0.25) is 0 Å². The van der Waals surface area contributed by atoms with Crippen molar-refractivity contribution in [2.24, 2.45) is 28.6 Å². The van der Waals surface area contributed by atoms with Crippen molar-refractivity contribution in [3.05, 3.63) is 42.2 Å². The predicted molar refractivity (Wildman–Crippen MR) is 121 cm³/mol. The van der Waals surface area contributed by atoms with Gasteiger partial charge in [-0.2, -0.15) is 0 Å². The third-order valence-corrected chi connectivity index (χ3v) is 9.66. The summed E-state index contributed by atoms with van der Waals surface area (Å²) >= 11 is 0. The summed E-state index contributed by atoms with van der Waals surface area (Å²) in [4.78, 5) is 12.9. The molecule has 4 fully saturated rings. The first-order valence-electron chi connectivity index (χ1n) is 12.0. The molecular formula is C26H35FN2O3. The molecule has 5 nitrogen and oxygen atoms in total. The molecular weight excluding hydrogens is 407 g/mol. The zero-order valence-corrected chi connectivity index (χ0v) is 19.0. The molecule has 1 aromatic rings. The highest BCUT2D eigenvalue weighted by atomic mass is 19.1. The van der Waals surface area contributed by atoms with Crippen molar-refractivity contribution in [2.75, 3.05) is 5.32 Å². The Hall–Kier alpha value is -1.92. The van der Waals surface area contributed by atoms with Crippen molar-refractivity contribution in [1.29, 1.82) is 0 Å². The number of carbonyl (C=O) groups is 1. The number of urea groups is 1. The summed E-state index contributed by atoms with van der Waals surface area (Å²) in [5, 5.41) is 28.6. The number of rotatable bonds is 2. The number of hydrogen-bond acceptors (Lipinski definition) is 3. The topological polar surface area (TPSA) is 81.6 Å². The van der Waals surface area contributed by atoms with E-state index in [0.29, 0.717) is 12.1 Å². The zero-order chi connectivity index (χ0) is 22.9. The lowest BCUT2D eigenvalue weighted by Gasteiger charge is -2.65. The highest BCUT2D eigenvalue weighted by Gasteiger charge is 2.69. The average Bonchev–Trinajstić information content (AvgIpc) is 2.90. The van der Waals surface area contributed by atoms with Gasteiger partial charge in [0, 0.05) is 16.6 Å². The number of halogens is 1. The van der Waals surface area contributed by atoms with Crippen LogP contribution in [-0.2, 0) is 0 Å². The molecule has 0 saturated heterocycles. The van der Waals surface area contributed by atoms with E-state index in [2.05, 4.69) is 31.1 Å². The van der Waals surface area contributed by atoms with Crippen LogP contribution in [0.1, 0.15) is 58.8 Å². The molecule has 4 aliphatic carbocycles. The lowest BCUT2D eigenvalue weighted by atomic mass is 9.41. The van der Waals surface area contributed by atoms with E-state index in [1.54, 1.807) is 12.1 Å². The molecule has 2 amide bonds. The molecule has 8 atom stereocenters. The van der Waals surface area contributed by atoms with E-state index in [0.717, 1.165) is 44.1 Å². The summed E-state index contributed by atoms with van der Waals surface area (Å²) in [5.74, 6) is 0.0737. The largest absolute Gasteiger partial charge is 0.393 e. The smallest absolute Gasteiger partial charge is 0.319 e. The van der Waals surface area contributed by atoms with Crippen molar-refractivity contribution < 1.29 is 19.4 Å². The van der Waals surface area contributed by atoms with Gasteiger partial charge in [0.1, 0.15) is 5.82 Å². The number of benzene rings is 1. The normalized spacial score (nSPS) is 45.0. The number of carbonyl (C=O) groups excluding carboxylic acids is 1. The lowest BCUT2D eigenvalue weighted by molar-refractivity contribution is -0.195. The van der Waals surface area contributed by atoms with Crippen LogP contribution in [0.4, 0.5) is 14.9 Å². The Bertz CT molecular complexity index is 936. The summed E-state index contributed by atoms with van der Waals surface area (Å²) in [7, 11) is 0. The first-order chi connectivity index (χ1) is 15.1. The number of hydrogen-bond donors (Lipinski definition) is 4. The Morgan fingerprint density at radius 1 is 1.16 bits per heavy atom. The molecule has 1 spiro atoms. The van der Waals surface area contributed by atoms with Crippen molar-refractivity contribution in [3.63, 3.8) is 0 Å². The van der Waals surface area contributed by atoms with Crippen LogP contribution in [0, 0.1) is 34.4 Å². The fraction of sp³-hybridized carbons (Fsp3) is 0.654. The Balaban J connectivity index is 1.41. The van der Waals surface area contributed by atoms with Crippen LogP contribution in [0.3, 0.4) is 0 Å². The van der Waals surface area contributed by atoms with Crippen LogP contribution < -0.4 is 10.6 Å². The Morgan fingerprint density at radius 2 is 1.88 bits per heavy atom. The maximum absolute atomic E-state index is 13.2. The van der Waals surface area contributed by atoms with Crippen LogP contribution in [0.2, 0.25) is 0 Å². The molecule has 1 aromatic carbocycles. The fourth-order valence-electron chi connectivity index (χ4n) is 8.58. The quantitative estimate of drug-likeness (QED) is 0.505. The summed E-state index contributed by atoms with van der Waals surface area (Å²) < 4.78 is 13.2. The van der Waals surface area contributed by atoms with E-state index in [9.17, 15) is 19.4 Å². The summed E-state index contributed by atoms with van der Waals surface area (Å²) in [6.07, 6.45) is 5.18. The Morgan fingerprint density at radius 3 is 2.59 bits per heavy atom. The van der Waals surface area contributed by atoms with Gasteiger partial charge in [-0.15, -0.1) is 0 Å². The first kappa shape index (κ1) is 21.9. The second-order valence-electron chi connectivity index (χ2n) is 11.3. The summed E-state index contributed by atoms with van der Waals surface area (Å²) in [5.41, 5.74) is 0.568. The zero-order valence-electron chi connectivity index (χ0n) is 19.0. The fourth-order valence-corrected chi connectivity index (χ4v) is 8.58. The van der Waals surface area contributed by atoms with Gasteiger partial charge in [0.25, 0.3) is 0 Å². The SMILES string of the molecule is C=C1[C@@H]2C[C@H](O)C3[C@]4(C)CCC[C@@](C)(NC(=O)Nc5ccc(F)cc5)C4CC[C@@]3(C2)[C@@H]1O. The standard InChI is InChI=1S/C26H35FN2O3/c1-15-16-13-19(30)21-24(2)10-4-11-25(3,20(24)9-12-26(21,14-16)22(15)31)29-23(32)28-18-7-5-17(27)6-8-18/h5-8,16,19-22,30-31H,1,4,9-14H2,2-3H3,(H2,28,29,32)/t16-,19+,20?,21?,22-,24-,25-,26+/m1/s1.